The van der Waals surface area contributed by atoms with Crippen LogP contribution in [0.5, 0.6) is 0 Å². The molecule has 0 radical (unpaired) electrons. The molecule has 1 amide bonds. The first-order valence-electron chi connectivity index (χ1n) is 9.94. The van der Waals surface area contributed by atoms with Crippen molar-refractivity contribution in [2.45, 2.75) is 26.2 Å². The molecule has 150 valence electrons. The summed E-state index contributed by atoms with van der Waals surface area (Å²) in [6.07, 6.45) is 6.91. The minimum absolute atomic E-state index is 0.00293. The smallest absolute Gasteiger partial charge is 0.223 e. The van der Waals surface area contributed by atoms with Crippen LogP contribution in [0.2, 0.25) is 0 Å². The van der Waals surface area contributed by atoms with Crippen LogP contribution in [0.1, 0.15) is 23.8 Å². The molecule has 1 aliphatic rings. The molecule has 3 aromatic heterocycles. The molecule has 0 spiro atoms. The van der Waals surface area contributed by atoms with Gasteiger partial charge in [0.1, 0.15) is 10.6 Å². The van der Waals surface area contributed by atoms with Gasteiger partial charge in [0.05, 0.1) is 5.39 Å². The molecule has 0 fully saturated rings. The van der Waals surface area contributed by atoms with E-state index in [0.717, 1.165) is 45.8 Å². The Kier molecular flexibility index (Phi) is 4.67. The lowest BCUT2D eigenvalue weighted by atomic mass is 10.1. The predicted octanol–water partition coefficient (Wildman–Crippen LogP) is 4.97. The number of pyridine rings is 1. The van der Waals surface area contributed by atoms with E-state index in [9.17, 15) is 4.79 Å². The van der Waals surface area contributed by atoms with Crippen molar-refractivity contribution in [3.8, 4) is 11.4 Å². The average molecular weight is 416 g/mol. The minimum atomic E-state index is 0.00293. The van der Waals surface area contributed by atoms with Crippen LogP contribution in [0.15, 0.2) is 48.8 Å². The zero-order chi connectivity index (χ0) is 20.7. The highest BCUT2D eigenvalue weighted by atomic mass is 32.1. The van der Waals surface area contributed by atoms with Gasteiger partial charge in [-0.25, -0.2) is 9.97 Å². The second-order valence-corrected chi connectivity index (χ2v) is 8.51. The van der Waals surface area contributed by atoms with Gasteiger partial charge in [-0.2, -0.15) is 0 Å². The summed E-state index contributed by atoms with van der Waals surface area (Å²) in [5.74, 6) is 1.50. The molecule has 7 heteroatoms. The molecule has 1 aliphatic carbocycles. The van der Waals surface area contributed by atoms with Crippen molar-refractivity contribution in [2.24, 2.45) is 0 Å². The molecule has 5 rings (SSSR count). The maximum atomic E-state index is 11.6. The number of anilines is 3. The van der Waals surface area contributed by atoms with Gasteiger partial charge in [-0.3, -0.25) is 9.78 Å². The van der Waals surface area contributed by atoms with Gasteiger partial charge < -0.3 is 10.2 Å². The van der Waals surface area contributed by atoms with E-state index in [4.69, 9.17) is 9.97 Å². The monoisotopic (exact) mass is 415 g/mol. The number of nitrogens with one attached hydrogen (secondary N) is 1. The fourth-order valence-electron chi connectivity index (χ4n) is 3.80. The lowest BCUT2D eigenvalue weighted by Crippen LogP contribution is -2.22. The molecule has 0 bridgehead atoms. The lowest BCUT2D eigenvalue weighted by Gasteiger charge is -2.16. The van der Waals surface area contributed by atoms with Crippen molar-refractivity contribution in [2.75, 3.05) is 17.3 Å². The summed E-state index contributed by atoms with van der Waals surface area (Å²) in [5, 5.41) is 4.63. The van der Waals surface area contributed by atoms with Crippen molar-refractivity contribution in [1.82, 2.24) is 15.0 Å². The van der Waals surface area contributed by atoms with Crippen LogP contribution in [0, 0.1) is 0 Å². The Hall–Kier alpha value is -3.32. The first-order valence-corrected chi connectivity index (χ1v) is 10.8. The quantitative estimate of drug-likeness (QED) is 0.510. The standard InChI is InChI=1S/C23H21N5OS/c1-14(29)28(2)17-10-8-16(9-11-17)25-22-20-18-6-3-7-19(18)30-23(20)27-21(26-22)15-5-4-12-24-13-15/h4-5,8-13H,3,6-7H2,1-2H3,(H,25,26,27). The van der Waals surface area contributed by atoms with Crippen LogP contribution in [0.25, 0.3) is 21.6 Å². The lowest BCUT2D eigenvalue weighted by molar-refractivity contribution is -0.116. The van der Waals surface area contributed by atoms with Gasteiger partial charge in [-0.05, 0) is 61.2 Å². The Morgan fingerprint density at radius 2 is 1.97 bits per heavy atom. The van der Waals surface area contributed by atoms with Gasteiger partial charge in [-0.1, -0.05) is 0 Å². The summed E-state index contributed by atoms with van der Waals surface area (Å²) in [7, 11) is 1.77. The first-order chi connectivity index (χ1) is 14.6. The number of carbonyl (C=O) groups is 1. The topological polar surface area (TPSA) is 71.0 Å². The van der Waals surface area contributed by atoms with Crippen LogP contribution in [0.4, 0.5) is 17.2 Å². The zero-order valence-electron chi connectivity index (χ0n) is 16.8. The number of aromatic nitrogens is 3. The number of hydrogen-bond acceptors (Lipinski definition) is 6. The fourth-order valence-corrected chi connectivity index (χ4v) is 5.06. The average Bonchev–Trinajstić information content (AvgIpc) is 3.35. The third-order valence-electron chi connectivity index (χ3n) is 5.47. The van der Waals surface area contributed by atoms with Crippen molar-refractivity contribution >= 4 is 44.7 Å². The fraction of sp³-hybridized carbons (Fsp3) is 0.217. The van der Waals surface area contributed by atoms with Crippen molar-refractivity contribution in [3.05, 3.63) is 59.2 Å². The summed E-state index contributed by atoms with van der Waals surface area (Å²) >= 11 is 1.77. The highest BCUT2D eigenvalue weighted by Crippen LogP contribution is 2.41. The molecule has 1 aromatic carbocycles. The Morgan fingerprint density at radius 1 is 1.13 bits per heavy atom. The summed E-state index contributed by atoms with van der Waals surface area (Å²) < 4.78 is 0. The first kappa shape index (κ1) is 18.7. The summed E-state index contributed by atoms with van der Waals surface area (Å²) in [5.41, 5.74) is 4.05. The van der Waals surface area contributed by atoms with Crippen LogP contribution in [-0.2, 0) is 17.6 Å². The van der Waals surface area contributed by atoms with E-state index in [-0.39, 0.29) is 5.91 Å². The molecule has 0 unspecified atom stereocenters. The molecule has 0 atom stereocenters. The van der Waals surface area contributed by atoms with E-state index in [0.29, 0.717) is 5.82 Å². The number of carbonyl (C=O) groups excluding carboxylic acids is 1. The van der Waals surface area contributed by atoms with E-state index in [2.05, 4.69) is 10.3 Å². The summed E-state index contributed by atoms with van der Waals surface area (Å²) in [6.45, 7) is 1.56. The summed E-state index contributed by atoms with van der Waals surface area (Å²) in [4.78, 5) is 29.6. The number of nitrogens with zero attached hydrogens (tertiary/aromatic N) is 4. The molecule has 3 heterocycles. The third kappa shape index (κ3) is 3.31. The second kappa shape index (κ2) is 7.50. The van der Waals surface area contributed by atoms with Crippen molar-refractivity contribution in [3.63, 3.8) is 0 Å². The van der Waals surface area contributed by atoms with Gasteiger partial charge in [0.25, 0.3) is 0 Å². The van der Waals surface area contributed by atoms with Gasteiger partial charge in [0, 0.05) is 48.2 Å². The minimum Gasteiger partial charge on any atom is -0.340 e. The van der Waals surface area contributed by atoms with Gasteiger partial charge >= 0.3 is 0 Å². The van der Waals surface area contributed by atoms with Crippen molar-refractivity contribution in [1.29, 1.82) is 0 Å². The van der Waals surface area contributed by atoms with E-state index >= 15 is 0 Å². The maximum absolute atomic E-state index is 11.6. The van der Waals surface area contributed by atoms with Crippen LogP contribution in [0.3, 0.4) is 0 Å². The van der Waals surface area contributed by atoms with Gasteiger partial charge in [0.15, 0.2) is 5.82 Å². The largest absolute Gasteiger partial charge is 0.340 e. The van der Waals surface area contributed by atoms with Crippen LogP contribution >= 0.6 is 11.3 Å². The van der Waals surface area contributed by atoms with Gasteiger partial charge in [0.2, 0.25) is 5.91 Å². The number of aryl methyl sites for hydroxylation is 2. The zero-order valence-corrected chi connectivity index (χ0v) is 17.7. The molecule has 0 aliphatic heterocycles. The number of thiophene rings is 1. The van der Waals surface area contributed by atoms with E-state index in [1.807, 2.05) is 36.4 Å². The molecule has 4 aromatic rings. The number of hydrogen-bond donors (Lipinski definition) is 1. The highest BCUT2D eigenvalue weighted by molar-refractivity contribution is 7.19. The second-order valence-electron chi connectivity index (χ2n) is 7.42. The van der Waals surface area contributed by atoms with Crippen molar-refractivity contribution < 1.29 is 4.79 Å². The van der Waals surface area contributed by atoms with E-state index < -0.39 is 0 Å². The molecule has 6 nitrogen and oxygen atoms in total. The molecular formula is C23H21N5OS. The van der Waals surface area contributed by atoms with Crippen LogP contribution < -0.4 is 10.2 Å². The molecule has 0 saturated carbocycles. The Labute approximate surface area is 178 Å². The summed E-state index contributed by atoms with van der Waals surface area (Å²) in [6, 6.07) is 11.7. The van der Waals surface area contributed by atoms with E-state index in [1.165, 1.54) is 16.9 Å². The normalized spacial score (nSPS) is 12.7. The number of fused-ring (bicyclic) bond motifs is 3. The Balaban J connectivity index is 1.58. The molecular weight excluding hydrogens is 394 g/mol. The Morgan fingerprint density at radius 3 is 2.70 bits per heavy atom. The third-order valence-corrected chi connectivity index (χ3v) is 6.66. The Bertz CT molecular complexity index is 1230. The SMILES string of the molecule is CC(=O)N(C)c1ccc(Nc2nc(-c3cccnc3)nc3sc4c(c23)CCC4)cc1. The van der Waals surface area contributed by atoms with Gasteiger partial charge in [-0.15, -0.1) is 11.3 Å². The maximum Gasteiger partial charge on any atom is 0.223 e. The molecule has 1 N–H and O–H groups in total. The van der Waals surface area contributed by atoms with Crippen LogP contribution in [-0.4, -0.2) is 27.9 Å². The molecule has 0 saturated heterocycles. The highest BCUT2D eigenvalue weighted by Gasteiger charge is 2.23. The number of rotatable bonds is 4. The molecule has 30 heavy (non-hydrogen) atoms. The predicted molar refractivity (Wildman–Crippen MR) is 121 cm³/mol. The number of amides is 1. The number of benzene rings is 1. The van der Waals surface area contributed by atoms with E-state index in [1.54, 1.807) is 42.6 Å².